The van der Waals surface area contributed by atoms with Crippen molar-refractivity contribution >= 4 is 17.5 Å². The lowest BCUT2D eigenvalue weighted by molar-refractivity contribution is 0.0789. The van der Waals surface area contributed by atoms with Crippen molar-refractivity contribution < 1.29 is 14.3 Å². The summed E-state index contributed by atoms with van der Waals surface area (Å²) in [7, 11) is 0. The maximum atomic E-state index is 12.5. The van der Waals surface area contributed by atoms with Crippen LogP contribution in [0.3, 0.4) is 0 Å². The van der Waals surface area contributed by atoms with Gasteiger partial charge in [-0.15, -0.1) is 0 Å². The molecule has 25 heavy (non-hydrogen) atoms. The molecule has 1 aromatic heterocycles. The minimum atomic E-state index is -0.250. The highest BCUT2D eigenvalue weighted by Crippen LogP contribution is 2.30. The summed E-state index contributed by atoms with van der Waals surface area (Å²) in [4.78, 5) is 12.5. The number of fused-ring (bicyclic) bond motifs is 1. The van der Waals surface area contributed by atoms with Crippen molar-refractivity contribution in [3.63, 3.8) is 0 Å². The predicted molar refractivity (Wildman–Crippen MR) is 95.5 cm³/mol. The van der Waals surface area contributed by atoms with Gasteiger partial charge in [0.2, 0.25) is 0 Å². The first-order chi connectivity index (χ1) is 12.0. The first-order valence-corrected chi connectivity index (χ1v) is 8.73. The molecule has 1 aliphatic heterocycles. The van der Waals surface area contributed by atoms with Gasteiger partial charge < -0.3 is 14.8 Å². The van der Waals surface area contributed by atoms with E-state index in [2.05, 4.69) is 24.3 Å². The van der Waals surface area contributed by atoms with Gasteiger partial charge in [0.1, 0.15) is 17.9 Å². The summed E-state index contributed by atoms with van der Waals surface area (Å²) in [5, 5.41) is 7.60. The Morgan fingerprint density at radius 1 is 1.40 bits per heavy atom. The molecule has 0 fully saturated rings. The highest BCUT2D eigenvalue weighted by molar-refractivity contribution is 6.33. The van der Waals surface area contributed by atoms with E-state index in [1.54, 1.807) is 11.6 Å². The zero-order valence-electron chi connectivity index (χ0n) is 14.6. The Bertz CT molecular complexity index is 773. The van der Waals surface area contributed by atoms with E-state index < -0.39 is 0 Å². The third-order valence-electron chi connectivity index (χ3n) is 3.89. The third kappa shape index (κ3) is 3.90. The van der Waals surface area contributed by atoms with Gasteiger partial charge in [-0.05, 0) is 25.0 Å². The second kappa shape index (κ2) is 7.35. The SMILES string of the molecule is Cc1nn(CC(C)C)c(Cl)c1C(=O)NCC1COc2ccccc2O1. The molecule has 0 saturated carbocycles. The Morgan fingerprint density at radius 2 is 2.12 bits per heavy atom. The Kier molecular flexibility index (Phi) is 5.18. The van der Waals surface area contributed by atoms with Crippen LogP contribution in [0.1, 0.15) is 29.9 Å². The summed E-state index contributed by atoms with van der Waals surface area (Å²) in [6, 6.07) is 7.48. The molecule has 1 aromatic carbocycles. The highest BCUT2D eigenvalue weighted by Gasteiger charge is 2.24. The molecule has 2 heterocycles. The molecule has 7 heteroatoms. The second-order valence-corrected chi connectivity index (χ2v) is 6.89. The molecule has 0 aliphatic carbocycles. The zero-order valence-corrected chi connectivity index (χ0v) is 15.3. The van der Waals surface area contributed by atoms with Gasteiger partial charge >= 0.3 is 0 Å². The lowest BCUT2D eigenvalue weighted by atomic mass is 10.2. The maximum absolute atomic E-state index is 12.5. The summed E-state index contributed by atoms with van der Waals surface area (Å²) >= 11 is 6.34. The number of nitrogens with one attached hydrogen (secondary N) is 1. The molecule has 0 spiro atoms. The van der Waals surface area contributed by atoms with Crippen molar-refractivity contribution in [2.24, 2.45) is 5.92 Å². The molecular formula is C18H22ClN3O3. The van der Waals surface area contributed by atoms with Crippen LogP contribution < -0.4 is 14.8 Å². The normalized spacial score (nSPS) is 16.1. The monoisotopic (exact) mass is 363 g/mol. The van der Waals surface area contributed by atoms with E-state index in [4.69, 9.17) is 21.1 Å². The second-order valence-electron chi connectivity index (χ2n) is 6.53. The van der Waals surface area contributed by atoms with Gasteiger partial charge in [0.05, 0.1) is 17.8 Å². The van der Waals surface area contributed by atoms with Gasteiger partial charge in [-0.3, -0.25) is 9.48 Å². The largest absolute Gasteiger partial charge is 0.486 e. The van der Waals surface area contributed by atoms with E-state index in [-0.39, 0.29) is 12.0 Å². The van der Waals surface area contributed by atoms with Crippen molar-refractivity contribution in [3.8, 4) is 11.5 Å². The average molecular weight is 364 g/mol. The van der Waals surface area contributed by atoms with Crippen molar-refractivity contribution in [1.29, 1.82) is 0 Å². The standard InChI is InChI=1S/C18H22ClN3O3/c1-11(2)9-22-17(19)16(12(3)21-22)18(23)20-8-13-10-24-14-6-4-5-7-15(14)25-13/h4-7,11,13H,8-10H2,1-3H3,(H,20,23). The average Bonchev–Trinajstić information content (AvgIpc) is 2.85. The maximum Gasteiger partial charge on any atom is 0.256 e. The lowest BCUT2D eigenvalue weighted by Gasteiger charge is -2.26. The molecule has 0 saturated heterocycles. The van der Waals surface area contributed by atoms with Crippen LogP contribution >= 0.6 is 11.6 Å². The molecule has 3 rings (SSSR count). The molecule has 1 aliphatic rings. The number of nitrogens with zero attached hydrogens (tertiary/aromatic N) is 2. The number of aromatic nitrogens is 2. The van der Waals surface area contributed by atoms with Gasteiger partial charge in [-0.25, -0.2) is 0 Å². The number of benzene rings is 1. The predicted octanol–water partition coefficient (Wildman–Crippen LogP) is 3.07. The minimum Gasteiger partial charge on any atom is -0.486 e. The number of rotatable bonds is 5. The van der Waals surface area contributed by atoms with Gasteiger partial charge in [0.15, 0.2) is 11.5 Å². The van der Waals surface area contributed by atoms with E-state index in [0.29, 0.717) is 47.8 Å². The highest BCUT2D eigenvalue weighted by atomic mass is 35.5. The molecular weight excluding hydrogens is 342 g/mol. The number of halogens is 1. The summed E-state index contributed by atoms with van der Waals surface area (Å²) in [5.41, 5.74) is 1.04. The van der Waals surface area contributed by atoms with E-state index in [9.17, 15) is 4.79 Å². The molecule has 134 valence electrons. The minimum absolute atomic E-state index is 0.247. The van der Waals surface area contributed by atoms with Crippen LogP contribution in [0, 0.1) is 12.8 Å². The molecule has 1 atom stereocenters. The van der Waals surface area contributed by atoms with Crippen molar-refractivity contribution in [2.45, 2.75) is 33.4 Å². The van der Waals surface area contributed by atoms with Crippen molar-refractivity contribution in [3.05, 3.63) is 40.7 Å². The summed E-state index contributed by atoms with van der Waals surface area (Å²) in [6.45, 7) is 7.32. The molecule has 0 radical (unpaired) electrons. The smallest absolute Gasteiger partial charge is 0.256 e. The van der Waals surface area contributed by atoms with Gasteiger partial charge in [0, 0.05) is 6.54 Å². The van der Waals surface area contributed by atoms with Crippen LogP contribution in [0.25, 0.3) is 0 Å². The molecule has 2 aromatic rings. The molecule has 6 nitrogen and oxygen atoms in total. The first kappa shape index (κ1) is 17.6. The number of aryl methyl sites for hydroxylation is 1. The Balaban J connectivity index is 1.63. The fourth-order valence-electron chi connectivity index (χ4n) is 2.74. The van der Waals surface area contributed by atoms with Crippen molar-refractivity contribution in [2.75, 3.05) is 13.2 Å². The fraction of sp³-hybridized carbons (Fsp3) is 0.444. The first-order valence-electron chi connectivity index (χ1n) is 8.35. The number of carbonyl (C=O) groups is 1. The molecule has 0 bridgehead atoms. The Hall–Kier alpha value is -2.21. The topological polar surface area (TPSA) is 65.4 Å². The Morgan fingerprint density at radius 3 is 2.84 bits per heavy atom. The number of hydrogen-bond acceptors (Lipinski definition) is 4. The van der Waals surface area contributed by atoms with Gasteiger partial charge in [0.25, 0.3) is 5.91 Å². The van der Waals surface area contributed by atoms with Crippen LogP contribution in [-0.2, 0) is 6.54 Å². The lowest BCUT2D eigenvalue weighted by Crippen LogP contribution is -2.40. The van der Waals surface area contributed by atoms with Gasteiger partial charge in [-0.2, -0.15) is 5.10 Å². The van der Waals surface area contributed by atoms with E-state index in [1.807, 2.05) is 24.3 Å². The number of ether oxygens (including phenoxy) is 2. The summed E-state index contributed by atoms with van der Waals surface area (Å²) in [5.74, 6) is 1.55. The van der Waals surface area contributed by atoms with Crippen molar-refractivity contribution in [1.82, 2.24) is 15.1 Å². The summed E-state index contributed by atoms with van der Waals surface area (Å²) < 4.78 is 13.2. The number of amides is 1. The number of para-hydroxylation sites is 2. The fourth-order valence-corrected chi connectivity index (χ4v) is 3.07. The van der Waals surface area contributed by atoms with Crippen LogP contribution in [0.5, 0.6) is 11.5 Å². The van der Waals surface area contributed by atoms with Gasteiger partial charge in [-0.1, -0.05) is 37.6 Å². The van der Waals surface area contributed by atoms with Crippen LogP contribution in [-0.4, -0.2) is 34.9 Å². The van der Waals surface area contributed by atoms with Crippen LogP contribution in [0.4, 0.5) is 0 Å². The molecule has 1 amide bonds. The van der Waals surface area contributed by atoms with Crippen LogP contribution in [0.15, 0.2) is 24.3 Å². The third-order valence-corrected chi connectivity index (χ3v) is 4.27. The molecule has 1 N–H and O–H groups in total. The van der Waals surface area contributed by atoms with E-state index >= 15 is 0 Å². The van der Waals surface area contributed by atoms with E-state index in [0.717, 1.165) is 5.75 Å². The molecule has 1 unspecified atom stereocenters. The Labute approximate surface area is 152 Å². The number of carbonyl (C=O) groups excluding carboxylic acids is 1. The summed E-state index contributed by atoms with van der Waals surface area (Å²) in [6.07, 6.45) is -0.247. The quantitative estimate of drug-likeness (QED) is 0.886. The number of hydrogen-bond donors (Lipinski definition) is 1. The van der Waals surface area contributed by atoms with E-state index in [1.165, 1.54) is 0 Å². The van der Waals surface area contributed by atoms with Crippen LogP contribution in [0.2, 0.25) is 5.15 Å². The zero-order chi connectivity index (χ0) is 18.0.